The average Bonchev–Trinajstić information content (AvgIpc) is 2.69. The first kappa shape index (κ1) is 18.4. The van der Waals surface area contributed by atoms with Gasteiger partial charge in [0.05, 0.1) is 0 Å². The van der Waals surface area contributed by atoms with Crippen molar-refractivity contribution in [2.45, 2.75) is 83.7 Å². The lowest BCUT2D eigenvalue weighted by atomic mass is 9.87. The van der Waals surface area contributed by atoms with E-state index in [2.05, 4.69) is 17.1 Å². The van der Waals surface area contributed by atoms with E-state index in [9.17, 15) is 4.79 Å². The molecule has 0 aromatic heterocycles. The van der Waals surface area contributed by atoms with E-state index in [1.807, 2.05) is 13.8 Å². The van der Waals surface area contributed by atoms with E-state index in [-0.39, 0.29) is 17.5 Å². The van der Waals surface area contributed by atoms with Gasteiger partial charge in [-0.3, -0.25) is 9.69 Å². The maximum absolute atomic E-state index is 11.9. The van der Waals surface area contributed by atoms with Crippen molar-refractivity contribution in [2.75, 3.05) is 19.6 Å². The predicted octanol–water partition coefficient (Wildman–Crippen LogP) is 2.66. The van der Waals surface area contributed by atoms with Crippen molar-refractivity contribution in [3.05, 3.63) is 0 Å². The van der Waals surface area contributed by atoms with Crippen molar-refractivity contribution in [3.8, 4) is 0 Å². The monoisotopic (exact) mass is 297 g/mol. The van der Waals surface area contributed by atoms with E-state index in [1.165, 1.54) is 38.5 Å². The Bertz CT molecular complexity index is 296. The maximum Gasteiger partial charge on any atom is 0.221 e. The molecule has 0 heterocycles. The van der Waals surface area contributed by atoms with Crippen molar-refractivity contribution in [1.29, 1.82) is 0 Å². The zero-order chi connectivity index (χ0) is 15.7. The van der Waals surface area contributed by atoms with Gasteiger partial charge in [0.2, 0.25) is 5.91 Å². The third kappa shape index (κ3) is 5.95. The minimum absolute atomic E-state index is 0.130. The lowest BCUT2D eigenvalue weighted by Crippen LogP contribution is -2.54. The van der Waals surface area contributed by atoms with E-state index < -0.39 is 0 Å². The molecular formula is C17H35N3O. The molecule has 0 saturated heterocycles. The molecule has 0 atom stereocenters. The van der Waals surface area contributed by atoms with Gasteiger partial charge in [0, 0.05) is 31.1 Å². The van der Waals surface area contributed by atoms with Gasteiger partial charge in [0.25, 0.3) is 0 Å². The zero-order valence-corrected chi connectivity index (χ0v) is 14.3. The highest BCUT2D eigenvalue weighted by Crippen LogP contribution is 2.32. The number of nitrogens with one attached hydrogen (secondary N) is 1. The molecule has 0 aromatic carbocycles. The Hall–Kier alpha value is -0.610. The molecule has 0 spiro atoms. The van der Waals surface area contributed by atoms with Crippen LogP contribution in [0.1, 0.15) is 72.1 Å². The normalized spacial score (nSPS) is 18.8. The quantitative estimate of drug-likeness (QED) is 0.677. The van der Waals surface area contributed by atoms with Gasteiger partial charge in [0.15, 0.2) is 0 Å². The Morgan fingerprint density at radius 1 is 1.19 bits per heavy atom. The molecule has 1 aliphatic rings. The van der Waals surface area contributed by atoms with Gasteiger partial charge in [-0.15, -0.1) is 0 Å². The van der Waals surface area contributed by atoms with Gasteiger partial charge in [0.1, 0.15) is 0 Å². The van der Waals surface area contributed by atoms with Gasteiger partial charge in [-0.2, -0.15) is 0 Å². The number of nitrogens with two attached hydrogens (primary N) is 1. The Labute approximate surface area is 130 Å². The number of hydrogen-bond acceptors (Lipinski definition) is 3. The molecule has 0 aliphatic heterocycles. The summed E-state index contributed by atoms with van der Waals surface area (Å²) < 4.78 is 0. The summed E-state index contributed by atoms with van der Waals surface area (Å²) in [4.78, 5) is 14.4. The third-order valence-corrected chi connectivity index (χ3v) is 4.64. The second kappa shape index (κ2) is 9.42. The van der Waals surface area contributed by atoms with Crippen LogP contribution in [0.2, 0.25) is 0 Å². The van der Waals surface area contributed by atoms with Crippen LogP contribution >= 0.6 is 0 Å². The van der Waals surface area contributed by atoms with Gasteiger partial charge >= 0.3 is 0 Å². The summed E-state index contributed by atoms with van der Waals surface area (Å²) >= 11 is 0. The van der Waals surface area contributed by atoms with Crippen LogP contribution in [0.25, 0.3) is 0 Å². The van der Waals surface area contributed by atoms with Crippen molar-refractivity contribution in [3.63, 3.8) is 0 Å². The smallest absolute Gasteiger partial charge is 0.221 e. The number of nitrogens with zero attached hydrogens (tertiary/aromatic N) is 1. The fourth-order valence-electron chi connectivity index (χ4n) is 3.52. The molecule has 3 N–H and O–H groups in total. The average molecular weight is 297 g/mol. The van der Waals surface area contributed by atoms with E-state index >= 15 is 0 Å². The number of rotatable bonds is 8. The third-order valence-electron chi connectivity index (χ3n) is 4.64. The second-order valence-electron chi connectivity index (χ2n) is 6.80. The van der Waals surface area contributed by atoms with E-state index in [1.54, 1.807) is 0 Å². The fraction of sp³-hybridized carbons (Fsp3) is 0.941. The van der Waals surface area contributed by atoms with Crippen molar-refractivity contribution >= 4 is 5.91 Å². The molecule has 124 valence electrons. The first-order valence-corrected chi connectivity index (χ1v) is 8.78. The van der Waals surface area contributed by atoms with Gasteiger partial charge in [-0.25, -0.2) is 0 Å². The summed E-state index contributed by atoms with van der Waals surface area (Å²) in [5, 5.41) is 2.99. The van der Waals surface area contributed by atoms with Crippen molar-refractivity contribution in [2.24, 2.45) is 5.73 Å². The Morgan fingerprint density at radius 2 is 1.81 bits per heavy atom. The molecule has 4 heteroatoms. The summed E-state index contributed by atoms with van der Waals surface area (Å²) in [5.74, 6) is 0.159. The SMILES string of the molecule is CCCN(CCC(=O)NC(C)C)C1(CN)CCCCCC1. The van der Waals surface area contributed by atoms with E-state index in [4.69, 9.17) is 5.73 Å². The molecule has 0 radical (unpaired) electrons. The first-order chi connectivity index (χ1) is 10.0. The molecule has 0 aromatic rings. The second-order valence-corrected chi connectivity index (χ2v) is 6.80. The van der Waals surface area contributed by atoms with Crippen LogP contribution in [0.15, 0.2) is 0 Å². The van der Waals surface area contributed by atoms with Crippen LogP contribution in [-0.2, 0) is 4.79 Å². The summed E-state index contributed by atoms with van der Waals surface area (Å²) in [7, 11) is 0. The molecular weight excluding hydrogens is 262 g/mol. The van der Waals surface area contributed by atoms with Crippen LogP contribution < -0.4 is 11.1 Å². The number of carbonyl (C=O) groups is 1. The number of carbonyl (C=O) groups excluding carboxylic acids is 1. The molecule has 1 saturated carbocycles. The standard InChI is InChI=1S/C17H35N3O/c1-4-12-20(13-9-16(21)19-15(2)3)17(14-18)10-7-5-6-8-11-17/h15H,4-14,18H2,1-3H3,(H,19,21). The number of hydrogen-bond donors (Lipinski definition) is 2. The highest BCUT2D eigenvalue weighted by molar-refractivity contribution is 5.76. The van der Waals surface area contributed by atoms with Crippen LogP contribution in [0, 0.1) is 0 Å². The van der Waals surface area contributed by atoms with E-state index in [0.29, 0.717) is 6.42 Å². The largest absolute Gasteiger partial charge is 0.354 e. The van der Waals surface area contributed by atoms with Crippen molar-refractivity contribution < 1.29 is 4.79 Å². The predicted molar refractivity (Wildman–Crippen MR) is 89.2 cm³/mol. The first-order valence-electron chi connectivity index (χ1n) is 8.78. The molecule has 1 amide bonds. The Morgan fingerprint density at radius 3 is 2.29 bits per heavy atom. The summed E-state index contributed by atoms with van der Waals surface area (Å²) in [6.07, 6.45) is 9.29. The highest BCUT2D eigenvalue weighted by Gasteiger charge is 2.35. The highest BCUT2D eigenvalue weighted by atomic mass is 16.1. The number of amides is 1. The van der Waals surface area contributed by atoms with Crippen LogP contribution in [0.5, 0.6) is 0 Å². The maximum atomic E-state index is 11.9. The fourth-order valence-corrected chi connectivity index (χ4v) is 3.52. The molecule has 0 bridgehead atoms. The van der Waals surface area contributed by atoms with E-state index in [0.717, 1.165) is 26.1 Å². The molecule has 21 heavy (non-hydrogen) atoms. The summed E-state index contributed by atoms with van der Waals surface area (Å²) in [6.45, 7) is 8.83. The van der Waals surface area contributed by atoms with Gasteiger partial charge < -0.3 is 11.1 Å². The van der Waals surface area contributed by atoms with Crippen LogP contribution in [0.4, 0.5) is 0 Å². The molecule has 0 unspecified atom stereocenters. The lowest BCUT2D eigenvalue weighted by Gasteiger charge is -2.43. The molecule has 1 aliphatic carbocycles. The summed E-state index contributed by atoms with van der Waals surface area (Å²) in [5.41, 5.74) is 6.31. The topological polar surface area (TPSA) is 58.4 Å². The van der Waals surface area contributed by atoms with Crippen LogP contribution in [0.3, 0.4) is 0 Å². The van der Waals surface area contributed by atoms with Crippen LogP contribution in [-0.4, -0.2) is 42.0 Å². The minimum atomic E-state index is 0.130. The summed E-state index contributed by atoms with van der Waals surface area (Å²) in [6, 6.07) is 0.221. The zero-order valence-electron chi connectivity index (χ0n) is 14.3. The lowest BCUT2D eigenvalue weighted by molar-refractivity contribution is -0.122. The Kier molecular flexibility index (Phi) is 8.27. The molecule has 1 fully saturated rings. The Balaban J connectivity index is 2.66. The van der Waals surface area contributed by atoms with Crippen molar-refractivity contribution in [1.82, 2.24) is 10.2 Å². The molecule has 4 nitrogen and oxygen atoms in total. The van der Waals surface area contributed by atoms with Gasteiger partial charge in [-0.05, 0) is 39.7 Å². The molecule has 1 rings (SSSR count). The van der Waals surface area contributed by atoms with Gasteiger partial charge in [-0.1, -0.05) is 32.6 Å². The minimum Gasteiger partial charge on any atom is -0.354 e.